The predicted octanol–water partition coefficient (Wildman–Crippen LogP) is 3.21. The number of aromatic nitrogens is 4. The summed E-state index contributed by atoms with van der Waals surface area (Å²) in [5, 5.41) is 11.8. The van der Waals surface area contributed by atoms with Crippen LogP contribution < -0.4 is 15.2 Å². The molecular weight excluding hydrogens is 435 g/mol. The summed E-state index contributed by atoms with van der Waals surface area (Å²) in [7, 11) is 2.14. The maximum absolute atomic E-state index is 14.9. The van der Waals surface area contributed by atoms with Gasteiger partial charge in [-0.3, -0.25) is 9.89 Å². The predicted molar refractivity (Wildman–Crippen MR) is 128 cm³/mol. The average molecular weight is 461 g/mol. The van der Waals surface area contributed by atoms with Gasteiger partial charge >= 0.3 is 0 Å². The number of nitrogens with zero attached hydrogens (tertiary/aromatic N) is 5. The van der Waals surface area contributed by atoms with Crippen molar-refractivity contribution in [1.29, 1.82) is 0 Å². The van der Waals surface area contributed by atoms with Crippen LogP contribution in [0.1, 0.15) is 12.8 Å². The number of likely N-dealkylation sites (N-methyl/N-ethyl adjacent to an activating group) is 1. The van der Waals surface area contributed by atoms with Crippen LogP contribution >= 0.6 is 0 Å². The number of piperazine rings is 1. The van der Waals surface area contributed by atoms with Crippen LogP contribution in [0, 0.1) is 5.82 Å². The van der Waals surface area contributed by atoms with Gasteiger partial charge in [-0.2, -0.15) is 14.9 Å². The Morgan fingerprint density at radius 2 is 1.82 bits per heavy atom. The Balaban J connectivity index is 1.38. The Morgan fingerprint density at radius 3 is 2.56 bits per heavy atom. The van der Waals surface area contributed by atoms with E-state index in [1.54, 1.807) is 12.1 Å². The zero-order chi connectivity index (χ0) is 23.2. The highest BCUT2D eigenvalue weighted by Crippen LogP contribution is 2.32. The van der Waals surface area contributed by atoms with Crippen molar-refractivity contribution >= 4 is 16.7 Å². The van der Waals surface area contributed by atoms with Crippen LogP contribution in [0.2, 0.25) is 0 Å². The van der Waals surface area contributed by atoms with Crippen molar-refractivity contribution in [3.05, 3.63) is 64.7 Å². The van der Waals surface area contributed by atoms with Crippen LogP contribution in [0.4, 0.5) is 10.1 Å². The number of halogens is 1. The van der Waals surface area contributed by atoms with E-state index in [0.29, 0.717) is 22.5 Å². The maximum Gasteiger partial charge on any atom is 0.273 e. The zero-order valence-electron chi connectivity index (χ0n) is 18.9. The maximum atomic E-state index is 14.9. The topological polar surface area (TPSA) is 79.3 Å². The molecule has 3 heterocycles. The van der Waals surface area contributed by atoms with Crippen molar-refractivity contribution < 1.29 is 9.13 Å². The molecule has 1 saturated heterocycles. The minimum atomic E-state index is -0.561. The number of fused-ring (bicyclic) bond motifs is 1. The number of benzene rings is 2. The molecule has 2 aliphatic rings. The summed E-state index contributed by atoms with van der Waals surface area (Å²) in [6.45, 7) is 4.05. The standard InChI is InChI=1S/C25H25FN6O2/c1-30-11-13-31(14-12-30)17-7-5-16(6-8-17)23-24-20(27-28-23)15-22(33)32(29-24)25-19(26)3-2-4-21(25)34-18-9-10-18/h2-8,15,18,27H,9-14H2,1H3. The molecule has 34 heavy (non-hydrogen) atoms. The SMILES string of the molecule is CN1CCN(c2ccc(-c3n[nH]c4cc(=O)n(-c5c(F)cccc5OC5CC5)nc34)cc2)CC1. The number of rotatable bonds is 5. The quantitative estimate of drug-likeness (QED) is 0.493. The van der Waals surface area contributed by atoms with Crippen molar-refractivity contribution in [2.75, 3.05) is 38.1 Å². The zero-order valence-corrected chi connectivity index (χ0v) is 18.9. The molecular formula is C25H25FN6O2. The molecule has 4 aromatic rings. The van der Waals surface area contributed by atoms with Gasteiger partial charge in [0.15, 0.2) is 5.82 Å². The van der Waals surface area contributed by atoms with Gasteiger partial charge in [0, 0.05) is 43.5 Å². The highest BCUT2D eigenvalue weighted by molar-refractivity contribution is 5.89. The van der Waals surface area contributed by atoms with E-state index in [1.807, 2.05) is 12.1 Å². The molecule has 0 bridgehead atoms. The first kappa shape index (κ1) is 20.9. The van der Waals surface area contributed by atoms with Crippen molar-refractivity contribution in [1.82, 2.24) is 24.9 Å². The Morgan fingerprint density at radius 1 is 1.06 bits per heavy atom. The highest BCUT2D eigenvalue weighted by Gasteiger charge is 2.27. The summed E-state index contributed by atoms with van der Waals surface area (Å²) in [5.41, 5.74) is 3.19. The largest absolute Gasteiger partial charge is 0.488 e. The summed E-state index contributed by atoms with van der Waals surface area (Å²) < 4.78 is 21.8. The third-order valence-corrected chi connectivity index (χ3v) is 6.43. The van der Waals surface area contributed by atoms with E-state index in [1.165, 1.54) is 12.1 Å². The average Bonchev–Trinajstić information content (AvgIpc) is 3.57. The molecule has 2 aromatic heterocycles. The van der Waals surface area contributed by atoms with Crippen molar-refractivity contribution in [2.24, 2.45) is 0 Å². The molecule has 1 N–H and O–H groups in total. The summed E-state index contributed by atoms with van der Waals surface area (Å²) in [6, 6.07) is 14.1. The number of anilines is 1. The summed E-state index contributed by atoms with van der Waals surface area (Å²) in [6.07, 6.45) is 1.91. The van der Waals surface area contributed by atoms with Crippen LogP contribution in [0.5, 0.6) is 5.75 Å². The molecule has 2 aromatic carbocycles. The fourth-order valence-electron chi connectivity index (χ4n) is 4.30. The van der Waals surface area contributed by atoms with Gasteiger partial charge in [-0.1, -0.05) is 18.2 Å². The van der Waals surface area contributed by atoms with E-state index in [2.05, 4.69) is 44.3 Å². The summed E-state index contributed by atoms with van der Waals surface area (Å²) in [4.78, 5) is 17.5. The van der Waals surface area contributed by atoms with Crippen molar-refractivity contribution in [2.45, 2.75) is 18.9 Å². The fraction of sp³-hybridized carbons (Fsp3) is 0.320. The number of ether oxygens (including phenoxy) is 1. The smallest absolute Gasteiger partial charge is 0.273 e. The molecule has 8 nitrogen and oxygen atoms in total. The molecule has 9 heteroatoms. The molecule has 0 unspecified atom stereocenters. The van der Waals surface area contributed by atoms with Crippen molar-refractivity contribution in [3.8, 4) is 22.7 Å². The fourth-order valence-corrected chi connectivity index (χ4v) is 4.30. The molecule has 0 spiro atoms. The lowest BCUT2D eigenvalue weighted by atomic mass is 10.1. The van der Waals surface area contributed by atoms with Crippen molar-refractivity contribution in [3.63, 3.8) is 0 Å². The van der Waals surface area contributed by atoms with Gasteiger partial charge in [0.25, 0.3) is 5.56 Å². The first-order chi connectivity index (χ1) is 16.6. The van der Waals surface area contributed by atoms with Gasteiger partial charge in [0.1, 0.15) is 22.6 Å². The second kappa shape index (κ2) is 8.25. The van der Waals surface area contributed by atoms with Crippen LogP contribution in [0.3, 0.4) is 0 Å². The van der Waals surface area contributed by atoms with Crippen LogP contribution in [0.15, 0.2) is 53.3 Å². The number of nitrogens with one attached hydrogen (secondary N) is 1. The van der Waals surface area contributed by atoms with E-state index >= 15 is 0 Å². The molecule has 1 aliphatic heterocycles. The lowest BCUT2D eigenvalue weighted by Gasteiger charge is -2.34. The first-order valence-electron chi connectivity index (χ1n) is 11.5. The molecule has 0 amide bonds. The van der Waals surface area contributed by atoms with Gasteiger partial charge in [-0.25, -0.2) is 4.39 Å². The minimum Gasteiger partial charge on any atom is -0.488 e. The third kappa shape index (κ3) is 3.81. The van der Waals surface area contributed by atoms with Crippen LogP contribution in [-0.2, 0) is 0 Å². The van der Waals surface area contributed by atoms with E-state index in [-0.39, 0.29) is 11.8 Å². The molecule has 1 aliphatic carbocycles. The Hall–Kier alpha value is -3.72. The van der Waals surface area contributed by atoms with Crippen LogP contribution in [0.25, 0.3) is 28.0 Å². The molecule has 2 fully saturated rings. The monoisotopic (exact) mass is 460 g/mol. The van der Waals surface area contributed by atoms with Gasteiger partial charge in [0.2, 0.25) is 0 Å². The first-order valence-corrected chi connectivity index (χ1v) is 11.5. The van der Waals surface area contributed by atoms with Gasteiger partial charge in [-0.05, 0) is 44.2 Å². The van der Waals surface area contributed by atoms with Gasteiger partial charge in [0.05, 0.1) is 11.6 Å². The summed E-state index contributed by atoms with van der Waals surface area (Å²) >= 11 is 0. The Kier molecular flexibility index (Phi) is 5.06. The Bertz CT molecular complexity index is 1400. The van der Waals surface area contributed by atoms with Crippen LogP contribution in [-0.4, -0.2) is 64.2 Å². The van der Waals surface area contributed by atoms with E-state index in [0.717, 1.165) is 55.0 Å². The summed E-state index contributed by atoms with van der Waals surface area (Å²) in [5.74, 6) is -0.244. The lowest BCUT2D eigenvalue weighted by molar-refractivity contribution is 0.299. The highest BCUT2D eigenvalue weighted by atomic mass is 19.1. The van der Waals surface area contributed by atoms with Gasteiger partial charge < -0.3 is 14.5 Å². The number of hydrogen-bond donors (Lipinski definition) is 1. The second-order valence-electron chi connectivity index (χ2n) is 8.97. The number of aromatic amines is 1. The second-order valence-corrected chi connectivity index (χ2v) is 8.97. The molecule has 0 atom stereocenters. The van der Waals surface area contributed by atoms with E-state index in [9.17, 15) is 9.18 Å². The number of H-pyrrole nitrogens is 1. The normalized spacial score (nSPS) is 16.8. The Labute approximate surface area is 195 Å². The molecule has 6 rings (SSSR count). The van der Waals surface area contributed by atoms with E-state index < -0.39 is 11.4 Å². The minimum absolute atomic E-state index is 0.0267. The number of para-hydroxylation sites is 1. The van der Waals surface area contributed by atoms with E-state index in [4.69, 9.17) is 4.74 Å². The number of hydrogen-bond acceptors (Lipinski definition) is 6. The third-order valence-electron chi connectivity index (χ3n) is 6.43. The lowest BCUT2D eigenvalue weighted by Crippen LogP contribution is -2.44. The molecule has 0 radical (unpaired) electrons. The molecule has 174 valence electrons. The molecule has 1 saturated carbocycles. The van der Waals surface area contributed by atoms with Gasteiger partial charge in [-0.15, -0.1) is 0 Å².